The monoisotopic (exact) mass is 254 g/mol. The summed E-state index contributed by atoms with van der Waals surface area (Å²) in [5, 5.41) is 0. The summed E-state index contributed by atoms with van der Waals surface area (Å²) in [6.07, 6.45) is 3.69. The van der Waals surface area contributed by atoms with Crippen molar-refractivity contribution in [3.63, 3.8) is 0 Å². The minimum atomic E-state index is 0. The molecule has 2 N–H and O–H groups in total. The Kier molecular flexibility index (Phi) is 5.96. The molecule has 1 unspecified atom stereocenters. The van der Waals surface area contributed by atoms with E-state index in [1.807, 2.05) is 0 Å². The summed E-state index contributed by atoms with van der Waals surface area (Å²) in [7, 11) is 0. The second-order valence-corrected chi connectivity index (χ2v) is 4.62. The molecule has 0 amide bonds. The van der Waals surface area contributed by atoms with Crippen LogP contribution in [0.2, 0.25) is 0 Å². The predicted molar refractivity (Wildman–Crippen MR) is 75.6 cm³/mol. The van der Waals surface area contributed by atoms with E-state index >= 15 is 0 Å². The molecule has 1 fully saturated rings. The first-order valence-corrected chi connectivity index (χ1v) is 6.36. The van der Waals surface area contributed by atoms with Crippen molar-refractivity contribution in [2.75, 3.05) is 13.1 Å². The van der Waals surface area contributed by atoms with Crippen molar-refractivity contribution >= 4 is 12.4 Å². The van der Waals surface area contributed by atoms with Gasteiger partial charge in [0.25, 0.3) is 0 Å². The van der Waals surface area contributed by atoms with Gasteiger partial charge in [0.15, 0.2) is 0 Å². The van der Waals surface area contributed by atoms with Crippen LogP contribution in [0.3, 0.4) is 0 Å². The highest BCUT2D eigenvalue weighted by Crippen LogP contribution is 2.21. The van der Waals surface area contributed by atoms with Gasteiger partial charge in [0.2, 0.25) is 0 Å². The van der Waals surface area contributed by atoms with Gasteiger partial charge in [0, 0.05) is 19.1 Å². The number of hydrogen-bond donors (Lipinski definition) is 1. The number of nitrogens with two attached hydrogens (primary N) is 1. The van der Waals surface area contributed by atoms with E-state index in [1.165, 1.54) is 30.5 Å². The maximum absolute atomic E-state index is 5.81. The summed E-state index contributed by atoms with van der Waals surface area (Å²) >= 11 is 0. The largest absolute Gasteiger partial charge is 0.329 e. The van der Waals surface area contributed by atoms with Crippen molar-refractivity contribution < 1.29 is 0 Å². The number of nitrogens with zero attached hydrogens (tertiary/aromatic N) is 1. The third-order valence-electron chi connectivity index (χ3n) is 3.64. The van der Waals surface area contributed by atoms with Crippen LogP contribution < -0.4 is 5.73 Å². The molecule has 1 aromatic rings. The van der Waals surface area contributed by atoms with Crippen LogP contribution in [0.25, 0.3) is 0 Å². The van der Waals surface area contributed by atoms with Crippen molar-refractivity contribution in [3.8, 4) is 0 Å². The summed E-state index contributed by atoms with van der Waals surface area (Å²) in [6, 6.07) is 9.37. The lowest BCUT2D eigenvalue weighted by Crippen LogP contribution is -2.35. The van der Waals surface area contributed by atoms with E-state index in [4.69, 9.17) is 5.73 Å². The first kappa shape index (κ1) is 14.5. The summed E-state index contributed by atoms with van der Waals surface area (Å²) in [4.78, 5) is 2.54. The number of aryl methyl sites for hydroxylation is 1. The van der Waals surface area contributed by atoms with Crippen LogP contribution in [0.4, 0.5) is 0 Å². The SMILES string of the molecule is CCc1ccccc1CN1CCCC1CN.Cl. The van der Waals surface area contributed by atoms with Crippen LogP contribution in [0, 0.1) is 0 Å². The molecule has 96 valence electrons. The lowest BCUT2D eigenvalue weighted by Gasteiger charge is -2.24. The number of hydrogen-bond acceptors (Lipinski definition) is 2. The highest BCUT2D eigenvalue weighted by atomic mass is 35.5. The van der Waals surface area contributed by atoms with Gasteiger partial charge in [-0.3, -0.25) is 4.90 Å². The Labute approximate surface area is 111 Å². The Balaban J connectivity index is 0.00000144. The minimum absolute atomic E-state index is 0. The molecular formula is C14H23ClN2. The van der Waals surface area contributed by atoms with Gasteiger partial charge in [-0.2, -0.15) is 0 Å². The van der Waals surface area contributed by atoms with Crippen molar-refractivity contribution in [2.45, 2.75) is 38.8 Å². The fraction of sp³-hybridized carbons (Fsp3) is 0.571. The van der Waals surface area contributed by atoms with Crippen molar-refractivity contribution in [1.29, 1.82) is 0 Å². The first-order chi connectivity index (χ1) is 7.85. The van der Waals surface area contributed by atoms with E-state index in [2.05, 4.69) is 36.1 Å². The maximum Gasteiger partial charge on any atom is 0.0239 e. The number of rotatable bonds is 4. The Morgan fingerprint density at radius 3 is 2.65 bits per heavy atom. The zero-order valence-electron chi connectivity index (χ0n) is 10.6. The van der Waals surface area contributed by atoms with Crippen LogP contribution in [0.1, 0.15) is 30.9 Å². The molecule has 0 aliphatic carbocycles. The molecule has 1 aromatic carbocycles. The van der Waals surface area contributed by atoms with Crippen molar-refractivity contribution in [1.82, 2.24) is 4.90 Å². The Morgan fingerprint density at radius 2 is 2.00 bits per heavy atom. The van der Waals surface area contributed by atoms with Crippen LogP contribution in [0.15, 0.2) is 24.3 Å². The molecule has 1 aliphatic heterocycles. The fourth-order valence-electron chi connectivity index (χ4n) is 2.65. The Hall–Kier alpha value is -0.570. The summed E-state index contributed by atoms with van der Waals surface area (Å²) in [5.74, 6) is 0. The van der Waals surface area contributed by atoms with Gasteiger partial charge in [-0.25, -0.2) is 0 Å². The highest BCUT2D eigenvalue weighted by Gasteiger charge is 2.23. The molecule has 0 saturated carbocycles. The van der Waals surface area contributed by atoms with Crippen LogP contribution in [-0.2, 0) is 13.0 Å². The van der Waals surface area contributed by atoms with Gasteiger partial charge in [-0.1, -0.05) is 31.2 Å². The molecule has 1 aliphatic rings. The highest BCUT2D eigenvalue weighted by molar-refractivity contribution is 5.85. The molecule has 0 spiro atoms. The van der Waals surface area contributed by atoms with Gasteiger partial charge >= 0.3 is 0 Å². The smallest absolute Gasteiger partial charge is 0.0239 e. The molecule has 0 bridgehead atoms. The van der Waals surface area contributed by atoms with E-state index in [0.29, 0.717) is 6.04 Å². The predicted octanol–water partition coefficient (Wildman–Crippen LogP) is 2.59. The molecule has 0 aromatic heterocycles. The van der Waals surface area contributed by atoms with Crippen molar-refractivity contribution in [3.05, 3.63) is 35.4 Å². The van der Waals surface area contributed by atoms with Gasteiger partial charge in [-0.15, -0.1) is 12.4 Å². The molecule has 1 atom stereocenters. The standard InChI is InChI=1S/C14H22N2.ClH/c1-2-12-6-3-4-7-13(12)11-16-9-5-8-14(16)10-15;/h3-4,6-7,14H,2,5,8-11,15H2,1H3;1H. The van der Waals surface area contributed by atoms with Crippen LogP contribution in [0.5, 0.6) is 0 Å². The molecule has 0 radical (unpaired) electrons. The molecule has 2 nitrogen and oxygen atoms in total. The second-order valence-electron chi connectivity index (χ2n) is 4.62. The number of halogens is 1. The maximum atomic E-state index is 5.81. The van der Waals surface area contributed by atoms with Gasteiger partial charge in [-0.05, 0) is 36.9 Å². The molecule has 1 saturated heterocycles. The quantitative estimate of drug-likeness (QED) is 0.895. The molecular weight excluding hydrogens is 232 g/mol. The molecule has 17 heavy (non-hydrogen) atoms. The average molecular weight is 255 g/mol. The van der Waals surface area contributed by atoms with Crippen LogP contribution >= 0.6 is 12.4 Å². The molecule has 1 heterocycles. The normalized spacial score (nSPS) is 20.2. The van der Waals surface area contributed by atoms with Crippen molar-refractivity contribution in [2.24, 2.45) is 5.73 Å². The zero-order valence-corrected chi connectivity index (χ0v) is 11.4. The molecule has 2 rings (SSSR count). The van der Waals surface area contributed by atoms with E-state index in [9.17, 15) is 0 Å². The Morgan fingerprint density at radius 1 is 1.29 bits per heavy atom. The van der Waals surface area contributed by atoms with E-state index < -0.39 is 0 Å². The fourth-order valence-corrected chi connectivity index (χ4v) is 2.65. The third kappa shape index (κ3) is 3.44. The lowest BCUT2D eigenvalue weighted by molar-refractivity contribution is 0.249. The third-order valence-corrected chi connectivity index (χ3v) is 3.64. The first-order valence-electron chi connectivity index (χ1n) is 6.36. The number of benzene rings is 1. The van der Waals surface area contributed by atoms with E-state index in [1.54, 1.807) is 0 Å². The van der Waals surface area contributed by atoms with Crippen LogP contribution in [-0.4, -0.2) is 24.0 Å². The minimum Gasteiger partial charge on any atom is -0.329 e. The summed E-state index contributed by atoms with van der Waals surface area (Å²) in [5.41, 5.74) is 8.76. The van der Waals surface area contributed by atoms with Gasteiger partial charge < -0.3 is 5.73 Å². The van der Waals surface area contributed by atoms with Gasteiger partial charge in [0.05, 0.1) is 0 Å². The average Bonchev–Trinajstić information content (AvgIpc) is 2.77. The van der Waals surface area contributed by atoms with E-state index in [-0.39, 0.29) is 12.4 Å². The zero-order chi connectivity index (χ0) is 11.4. The topological polar surface area (TPSA) is 29.3 Å². The molecule has 3 heteroatoms. The van der Waals surface area contributed by atoms with E-state index in [0.717, 1.165) is 19.5 Å². The lowest BCUT2D eigenvalue weighted by atomic mass is 10.0. The summed E-state index contributed by atoms with van der Waals surface area (Å²) < 4.78 is 0. The number of likely N-dealkylation sites (tertiary alicyclic amines) is 1. The summed E-state index contributed by atoms with van der Waals surface area (Å²) in [6.45, 7) is 5.31. The Bertz CT molecular complexity index is 341. The van der Waals surface area contributed by atoms with Gasteiger partial charge in [0.1, 0.15) is 0 Å². The second kappa shape index (κ2) is 7.00.